The molecule has 1 aromatic carbocycles. The Morgan fingerprint density at radius 2 is 1.72 bits per heavy atom. The van der Waals surface area contributed by atoms with Crippen molar-refractivity contribution in [2.24, 2.45) is 14.1 Å². The van der Waals surface area contributed by atoms with Crippen LogP contribution in [0.2, 0.25) is 0 Å². The van der Waals surface area contributed by atoms with Gasteiger partial charge in [-0.25, -0.2) is 9.48 Å². The fourth-order valence-electron chi connectivity index (χ4n) is 2.96. The number of para-hydroxylation sites is 2. The highest BCUT2D eigenvalue weighted by Gasteiger charge is 2.25. The number of nitrogens with zero attached hydrogens (tertiary/aromatic N) is 4. The van der Waals surface area contributed by atoms with E-state index < -0.39 is 5.69 Å². The van der Waals surface area contributed by atoms with Crippen molar-refractivity contribution in [2.75, 3.05) is 25.1 Å². The van der Waals surface area contributed by atoms with E-state index in [0.717, 1.165) is 23.2 Å². The van der Waals surface area contributed by atoms with Gasteiger partial charge in [0.25, 0.3) is 5.56 Å². The highest BCUT2D eigenvalue weighted by molar-refractivity contribution is 5.40. The highest BCUT2D eigenvalue weighted by atomic mass is 16.5. The maximum Gasteiger partial charge on any atom is 0.346 e. The number of piperidine rings is 1. The molecule has 0 unspecified atom stereocenters. The molecule has 0 spiro atoms. The van der Waals surface area contributed by atoms with Crippen LogP contribution in [-0.4, -0.2) is 40.7 Å². The molecule has 0 N–H and O–H groups in total. The molecule has 1 aromatic heterocycles. The summed E-state index contributed by atoms with van der Waals surface area (Å²) in [6, 6.07) is 7.55. The quantitative estimate of drug-likeness (QED) is 0.804. The number of aryl methyl sites for hydroxylation is 1. The lowest BCUT2D eigenvalue weighted by Gasteiger charge is -2.32. The van der Waals surface area contributed by atoms with Gasteiger partial charge in [0, 0.05) is 40.0 Å². The summed E-state index contributed by atoms with van der Waals surface area (Å²) in [5, 5.41) is 4.13. The molecular weight excluding hydrogens is 324 g/mol. The minimum atomic E-state index is -0.428. The van der Waals surface area contributed by atoms with Crippen LogP contribution < -0.4 is 25.6 Å². The van der Waals surface area contributed by atoms with E-state index in [9.17, 15) is 9.59 Å². The molecular formula is C17H22N4O4. The lowest BCUT2D eigenvalue weighted by molar-refractivity contribution is 0.164. The van der Waals surface area contributed by atoms with Gasteiger partial charge in [-0.1, -0.05) is 12.1 Å². The van der Waals surface area contributed by atoms with Crippen LogP contribution in [0.1, 0.15) is 12.8 Å². The summed E-state index contributed by atoms with van der Waals surface area (Å²) in [6.45, 7) is 1.28. The average Bonchev–Trinajstić information content (AvgIpc) is 2.64. The van der Waals surface area contributed by atoms with Crippen molar-refractivity contribution in [3.63, 3.8) is 0 Å². The van der Waals surface area contributed by atoms with Gasteiger partial charge in [0.15, 0.2) is 11.5 Å². The topological polar surface area (TPSA) is 78.6 Å². The molecule has 0 amide bonds. The van der Waals surface area contributed by atoms with E-state index in [-0.39, 0.29) is 11.7 Å². The molecule has 1 aliphatic rings. The minimum Gasteiger partial charge on any atom is -0.493 e. The summed E-state index contributed by atoms with van der Waals surface area (Å²) in [5.74, 6) is 1.73. The second-order valence-corrected chi connectivity index (χ2v) is 6.05. The van der Waals surface area contributed by atoms with Crippen LogP contribution in [0.25, 0.3) is 0 Å². The fraction of sp³-hybridized carbons (Fsp3) is 0.471. The number of hydrogen-bond donors (Lipinski definition) is 0. The summed E-state index contributed by atoms with van der Waals surface area (Å²) in [4.78, 5) is 26.0. The van der Waals surface area contributed by atoms with Crippen LogP contribution in [-0.2, 0) is 14.1 Å². The van der Waals surface area contributed by atoms with E-state index in [1.807, 2.05) is 29.2 Å². The van der Waals surface area contributed by atoms with Crippen molar-refractivity contribution in [3.8, 4) is 11.5 Å². The number of methoxy groups -OCH3 is 1. The molecule has 134 valence electrons. The first-order chi connectivity index (χ1) is 12.0. The Balaban J connectivity index is 1.70. The van der Waals surface area contributed by atoms with Crippen molar-refractivity contribution in [1.29, 1.82) is 0 Å². The average molecular weight is 346 g/mol. The molecule has 0 bridgehead atoms. The second-order valence-electron chi connectivity index (χ2n) is 6.05. The Hall–Kier alpha value is -2.77. The van der Waals surface area contributed by atoms with Gasteiger partial charge in [-0.05, 0) is 12.1 Å². The number of anilines is 1. The number of rotatable bonds is 4. The molecule has 2 heterocycles. The summed E-state index contributed by atoms with van der Waals surface area (Å²) in [6.07, 6.45) is 1.56. The van der Waals surface area contributed by atoms with Gasteiger partial charge >= 0.3 is 5.69 Å². The smallest absolute Gasteiger partial charge is 0.346 e. The maximum atomic E-state index is 12.3. The Morgan fingerprint density at radius 3 is 2.36 bits per heavy atom. The third-order valence-corrected chi connectivity index (χ3v) is 4.41. The predicted octanol–water partition coefficient (Wildman–Crippen LogP) is 0.535. The van der Waals surface area contributed by atoms with Gasteiger partial charge in [0.1, 0.15) is 6.10 Å². The van der Waals surface area contributed by atoms with Crippen LogP contribution >= 0.6 is 0 Å². The van der Waals surface area contributed by atoms with Crippen molar-refractivity contribution in [2.45, 2.75) is 18.9 Å². The van der Waals surface area contributed by atoms with Gasteiger partial charge in [0.05, 0.1) is 7.11 Å². The first-order valence-electron chi connectivity index (χ1n) is 8.20. The van der Waals surface area contributed by atoms with Crippen LogP contribution in [0.15, 0.2) is 33.9 Å². The Bertz CT molecular complexity index is 866. The van der Waals surface area contributed by atoms with Crippen LogP contribution in [0.3, 0.4) is 0 Å². The third-order valence-electron chi connectivity index (χ3n) is 4.41. The molecule has 0 radical (unpaired) electrons. The van der Waals surface area contributed by atoms with Crippen LogP contribution in [0.5, 0.6) is 11.5 Å². The number of ether oxygens (including phenoxy) is 2. The van der Waals surface area contributed by atoms with Gasteiger partial charge in [0.2, 0.25) is 5.82 Å². The summed E-state index contributed by atoms with van der Waals surface area (Å²) in [5.41, 5.74) is -0.796. The zero-order valence-electron chi connectivity index (χ0n) is 14.6. The van der Waals surface area contributed by atoms with E-state index in [4.69, 9.17) is 9.47 Å². The Morgan fingerprint density at radius 1 is 1.08 bits per heavy atom. The standard InChI is InChI=1S/C17H22N4O4/c1-19-16(22)15(18-20(2)17(19)23)21-10-8-12(9-11-21)25-14-7-5-4-6-13(14)24-3/h4-7,12H,8-11H2,1-3H3. The van der Waals surface area contributed by atoms with Crippen molar-refractivity contribution >= 4 is 5.82 Å². The van der Waals surface area contributed by atoms with Gasteiger partial charge in [-0.3, -0.25) is 9.36 Å². The number of benzene rings is 1. The van der Waals surface area contributed by atoms with Crippen molar-refractivity contribution in [3.05, 3.63) is 45.1 Å². The van der Waals surface area contributed by atoms with E-state index in [1.165, 1.54) is 11.7 Å². The summed E-state index contributed by atoms with van der Waals surface area (Å²) >= 11 is 0. The van der Waals surface area contributed by atoms with Gasteiger partial charge in [-0.2, -0.15) is 0 Å². The van der Waals surface area contributed by atoms with E-state index in [0.29, 0.717) is 24.7 Å². The predicted molar refractivity (Wildman–Crippen MR) is 93.6 cm³/mol. The van der Waals surface area contributed by atoms with Crippen LogP contribution in [0, 0.1) is 0 Å². The second kappa shape index (κ2) is 7.00. The SMILES string of the molecule is COc1ccccc1OC1CCN(c2nn(C)c(=O)n(C)c2=O)CC1. The Kier molecular flexibility index (Phi) is 4.78. The minimum absolute atomic E-state index is 0.0453. The number of aromatic nitrogens is 3. The summed E-state index contributed by atoms with van der Waals surface area (Å²) in [7, 11) is 4.63. The van der Waals surface area contributed by atoms with E-state index >= 15 is 0 Å². The normalized spacial score (nSPS) is 15.2. The van der Waals surface area contributed by atoms with Crippen molar-refractivity contribution in [1.82, 2.24) is 14.3 Å². The zero-order valence-corrected chi connectivity index (χ0v) is 14.6. The molecule has 8 heteroatoms. The molecule has 0 aliphatic carbocycles. The largest absolute Gasteiger partial charge is 0.493 e. The molecule has 1 saturated heterocycles. The Labute approximate surface area is 145 Å². The van der Waals surface area contributed by atoms with Gasteiger partial charge < -0.3 is 14.4 Å². The molecule has 0 atom stereocenters. The van der Waals surface area contributed by atoms with Gasteiger partial charge in [-0.15, -0.1) is 5.10 Å². The fourth-order valence-corrected chi connectivity index (χ4v) is 2.96. The molecule has 0 saturated carbocycles. The van der Waals surface area contributed by atoms with E-state index in [1.54, 1.807) is 14.2 Å². The van der Waals surface area contributed by atoms with E-state index in [2.05, 4.69) is 5.10 Å². The molecule has 8 nitrogen and oxygen atoms in total. The molecule has 3 rings (SSSR count). The number of hydrogen-bond acceptors (Lipinski definition) is 6. The first kappa shape index (κ1) is 17.1. The van der Waals surface area contributed by atoms with Crippen LogP contribution in [0.4, 0.5) is 5.82 Å². The van der Waals surface area contributed by atoms with Crippen molar-refractivity contribution < 1.29 is 9.47 Å². The third kappa shape index (κ3) is 3.38. The monoisotopic (exact) mass is 346 g/mol. The highest BCUT2D eigenvalue weighted by Crippen LogP contribution is 2.29. The summed E-state index contributed by atoms with van der Waals surface area (Å²) < 4.78 is 13.6. The lowest BCUT2D eigenvalue weighted by atomic mass is 10.1. The molecule has 25 heavy (non-hydrogen) atoms. The molecule has 1 aliphatic heterocycles. The zero-order chi connectivity index (χ0) is 18.0. The lowest BCUT2D eigenvalue weighted by Crippen LogP contribution is -2.46. The maximum absolute atomic E-state index is 12.3. The first-order valence-corrected chi connectivity index (χ1v) is 8.20. The molecule has 2 aromatic rings. The molecule has 1 fully saturated rings.